The van der Waals surface area contributed by atoms with Gasteiger partial charge < -0.3 is 20.1 Å². The van der Waals surface area contributed by atoms with Crippen LogP contribution in [0, 0.1) is 13.8 Å². The number of aryl methyl sites for hydroxylation is 1. The number of thiocarbonyl (C=S) groups is 1. The first-order valence-corrected chi connectivity index (χ1v) is 11.4. The summed E-state index contributed by atoms with van der Waals surface area (Å²) in [6.45, 7) is 10.7. The summed E-state index contributed by atoms with van der Waals surface area (Å²) < 4.78 is 13.4. The van der Waals surface area contributed by atoms with E-state index in [0.29, 0.717) is 24.9 Å². The second kappa shape index (κ2) is 11.5. The SMILES string of the molecule is CCOc1ccc(CCNC(=S)Nc2c(C)nn(Cc3ccccc3)c2C)cc1OCC. The second-order valence-electron chi connectivity index (χ2n) is 7.47. The molecule has 32 heavy (non-hydrogen) atoms. The van der Waals surface area contributed by atoms with E-state index in [9.17, 15) is 0 Å². The van der Waals surface area contributed by atoms with Gasteiger partial charge in [0.25, 0.3) is 0 Å². The van der Waals surface area contributed by atoms with Crippen molar-refractivity contribution in [2.75, 3.05) is 25.1 Å². The first-order valence-electron chi connectivity index (χ1n) is 11.0. The van der Waals surface area contributed by atoms with E-state index in [1.165, 1.54) is 5.56 Å². The molecule has 6 nitrogen and oxygen atoms in total. The fourth-order valence-electron chi connectivity index (χ4n) is 3.52. The molecule has 1 aromatic heterocycles. The average Bonchev–Trinajstić information content (AvgIpc) is 3.04. The Kier molecular flexibility index (Phi) is 8.50. The fourth-order valence-corrected chi connectivity index (χ4v) is 3.72. The Balaban J connectivity index is 1.56. The molecule has 0 spiro atoms. The number of rotatable bonds is 10. The number of hydrogen-bond acceptors (Lipinski definition) is 4. The summed E-state index contributed by atoms with van der Waals surface area (Å²) in [5.74, 6) is 1.56. The molecule has 0 amide bonds. The maximum absolute atomic E-state index is 5.72. The largest absolute Gasteiger partial charge is 0.490 e. The zero-order valence-electron chi connectivity index (χ0n) is 19.3. The zero-order valence-corrected chi connectivity index (χ0v) is 20.1. The van der Waals surface area contributed by atoms with Gasteiger partial charge in [0, 0.05) is 6.54 Å². The molecule has 0 aliphatic carbocycles. The van der Waals surface area contributed by atoms with E-state index in [1.807, 2.05) is 55.8 Å². The van der Waals surface area contributed by atoms with Crippen LogP contribution < -0.4 is 20.1 Å². The monoisotopic (exact) mass is 452 g/mol. The van der Waals surface area contributed by atoms with Crippen molar-refractivity contribution in [3.8, 4) is 11.5 Å². The molecule has 2 aromatic carbocycles. The van der Waals surface area contributed by atoms with Crippen LogP contribution in [0.4, 0.5) is 5.69 Å². The van der Waals surface area contributed by atoms with Gasteiger partial charge in [-0.3, -0.25) is 4.68 Å². The number of nitrogens with zero attached hydrogens (tertiary/aromatic N) is 2. The number of benzene rings is 2. The molecular formula is C25H32N4O2S. The predicted molar refractivity (Wildman–Crippen MR) is 134 cm³/mol. The first kappa shape index (κ1) is 23.6. The third kappa shape index (κ3) is 6.23. The summed E-state index contributed by atoms with van der Waals surface area (Å²) in [7, 11) is 0. The van der Waals surface area contributed by atoms with Gasteiger partial charge in [-0.25, -0.2) is 0 Å². The number of ether oxygens (including phenoxy) is 2. The van der Waals surface area contributed by atoms with Crippen molar-refractivity contribution in [2.45, 2.75) is 40.7 Å². The van der Waals surface area contributed by atoms with Crippen LogP contribution in [-0.4, -0.2) is 34.7 Å². The van der Waals surface area contributed by atoms with Crippen molar-refractivity contribution in [2.24, 2.45) is 0 Å². The molecule has 1 heterocycles. The van der Waals surface area contributed by atoms with Gasteiger partial charge in [0.2, 0.25) is 0 Å². The van der Waals surface area contributed by atoms with Crippen molar-refractivity contribution >= 4 is 23.0 Å². The van der Waals surface area contributed by atoms with Gasteiger partial charge in [0.1, 0.15) is 0 Å². The fraction of sp³-hybridized carbons (Fsp3) is 0.360. The molecule has 0 radical (unpaired) electrons. The van der Waals surface area contributed by atoms with Crippen molar-refractivity contribution in [1.29, 1.82) is 0 Å². The Labute approximate surface area is 195 Å². The van der Waals surface area contributed by atoms with Gasteiger partial charge in [0.05, 0.1) is 36.8 Å². The summed E-state index contributed by atoms with van der Waals surface area (Å²) in [6, 6.07) is 16.4. The molecule has 0 aliphatic rings. The normalized spacial score (nSPS) is 10.6. The second-order valence-corrected chi connectivity index (χ2v) is 7.88. The molecule has 0 bridgehead atoms. The lowest BCUT2D eigenvalue weighted by molar-refractivity contribution is 0.287. The van der Waals surface area contributed by atoms with Crippen LogP contribution in [-0.2, 0) is 13.0 Å². The van der Waals surface area contributed by atoms with Gasteiger partial charge in [-0.05, 0) is 69.6 Å². The summed E-state index contributed by atoms with van der Waals surface area (Å²) in [4.78, 5) is 0. The van der Waals surface area contributed by atoms with Crippen LogP contribution in [0.2, 0.25) is 0 Å². The smallest absolute Gasteiger partial charge is 0.170 e. The molecule has 170 valence electrons. The lowest BCUT2D eigenvalue weighted by Crippen LogP contribution is -2.30. The highest BCUT2D eigenvalue weighted by molar-refractivity contribution is 7.80. The number of anilines is 1. The van der Waals surface area contributed by atoms with Gasteiger partial charge in [-0.15, -0.1) is 0 Å². The Bertz CT molecular complexity index is 1030. The lowest BCUT2D eigenvalue weighted by Gasteiger charge is -2.14. The van der Waals surface area contributed by atoms with Crippen LogP contribution in [0.1, 0.15) is 36.4 Å². The summed E-state index contributed by atoms with van der Waals surface area (Å²) in [5.41, 5.74) is 5.32. The third-order valence-electron chi connectivity index (χ3n) is 5.10. The molecule has 0 fully saturated rings. The van der Waals surface area contributed by atoms with Gasteiger partial charge >= 0.3 is 0 Å². The summed E-state index contributed by atoms with van der Waals surface area (Å²) in [6.07, 6.45) is 0.819. The van der Waals surface area contributed by atoms with E-state index in [4.69, 9.17) is 21.7 Å². The van der Waals surface area contributed by atoms with Crippen LogP contribution in [0.15, 0.2) is 48.5 Å². The Morgan fingerprint density at radius 1 is 0.969 bits per heavy atom. The minimum absolute atomic E-state index is 0.589. The lowest BCUT2D eigenvalue weighted by atomic mass is 10.1. The van der Waals surface area contributed by atoms with E-state index in [0.717, 1.165) is 47.1 Å². The van der Waals surface area contributed by atoms with Crippen molar-refractivity contribution < 1.29 is 9.47 Å². The molecule has 0 unspecified atom stereocenters. The maximum atomic E-state index is 5.72. The standard InChI is InChI=1S/C25H32N4O2S/c1-5-30-22-13-12-20(16-23(22)31-6-2)14-15-26-25(32)27-24-18(3)28-29(19(24)4)17-21-10-8-7-9-11-21/h7-13,16H,5-6,14-15,17H2,1-4H3,(H2,26,27,32). The van der Waals surface area contributed by atoms with Crippen molar-refractivity contribution in [3.05, 3.63) is 71.0 Å². The van der Waals surface area contributed by atoms with Crippen LogP contribution in [0.25, 0.3) is 0 Å². The van der Waals surface area contributed by atoms with Gasteiger partial charge in [-0.1, -0.05) is 36.4 Å². The number of nitrogens with one attached hydrogen (secondary N) is 2. The van der Waals surface area contributed by atoms with Crippen molar-refractivity contribution in [1.82, 2.24) is 15.1 Å². The molecule has 2 N–H and O–H groups in total. The summed E-state index contributed by atoms with van der Waals surface area (Å²) in [5, 5.41) is 11.9. The van der Waals surface area contributed by atoms with Crippen LogP contribution in [0.5, 0.6) is 11.5 Å². The highest BCUT2D eigenvalue weighted by atomic mass is 32.1. The zero-order chi connectivity index (χ0) is 22.9. The average molecular weight is 453 g/mol. The number of aromatic nitrogens is 2. The molecule has 0 atom stereocenters. The van der Waals surface area contributed by atoms with Crippen LogP contribution >= 0.6 is 12.2 Å². The first-order chi connectivity index (χ1) is 15.5. The topological polar surface area (TPSA) is 60.3 Å². The molecule has 0 aliphatic heterocycles. The van der Waals surface area contributed by atoms with Gasteiger partial charge in [-0.2, -0.15) is 5.10 Å². The van der Waals surface area contributed by atoms with E-state index < -0.39 is 0 Å². The molecular weight excluding hydrogens is 420 g/mol. The molecule has 3 rings (SSSR count). The molecule has 0 saturated heterocycles. The molecule has 0 saturated carbocycles. The molecule has 7 heteroatoms. The Morgan fingerprint density at radius 3 is 2.41 bits per heavy atom. The summed E-state index contributed by atoms with van der Waals surface area (Å²) >= 11 is 5.53. The maximum Gasteiger partial charge on any atom is 0.170 e. The number of hydrogen-bond donors (Lipinski definition) is 2. The van der Waals surface area contributed by atoms with Gasteiger partial charge in [0.15, 0.2) is 16.6 Å². The van der Waals surface area contributed by atoms with Crippen LogP contribution in [0.3, 0.4) is 0 Å². The third-order valence-corrected chi connectivity index (χ3v) is 5.35. The quantitative estimate of drug-likeness (QED) is 0.428. The molecule has 3 aromatic rings. The van der Waals surface area contributed by atoms with E-state index in [2.05, 4.69) is 40.9 Å². The van der Waals surface area contributed by atoms with E-state index >= 15 is 0 Å². The van der Waals surface area contributed by atoms with Crippen molar-refractivity contribution in [3.63, 3.8) is 0 Å². The predicted octanol–water partition coefficient (Wildman–Crippen LogP) is 4.87. The highest BCUT2D eigenvalue weighted by Gasteiger charge is 2.13. The minimum atomic E-state index is 0.589. The highest BCUT2D eigenvalue weighted by Crippen LogP contribution is 2.28. The Hall–Kier alpha value is -3.06. The minimum Gasteiger partial charge on any atom is -0.490 e. The van der Waals surface area contributed by atoms with E-state index in [1.54, 1.807) is 0 Å². The van der Waals surface area contributed by atoms with E-state index in [-0.39, 0.29) is 0 Å². The Morgan fingerprint density at radius 2 is 1.69 bits per heavy atom.